The Hall–Kier alpha value is -1.42. The third-order valence-electron chi connectivity index (χ3n) is 3.85. The number of hydrogen-bond donors (Lipinski definition) is 1. The minimum Gasteiger partial charge on any atom is -0.370 e. The fourth-order valence-electron chi connectivity index (χ4n) is 2.82. The zero-order chi connectivity index (χ0) is 14.7. The van der Waals surface area contributed by atoms with Gasteiger partial charge in [-0.3, -0.25) is 0 Å². The molecule has 0 spiro atoms. The van der Waals surface area contributed by atoms with Crippen molar-refractivity contribution in [1.82, 2.24) is 9.97 Å². The molecule has 3 rings (SSSR count). The molecule has 1 aliphatic carbocycles. The molecule has 1 heterocycles. The van der Waals surface area contributed by atoms with Gasteiger partial charge >= 0.3 is 0 Å². The molecule has 1 aliphatic rings. The van der Waals surface area contributed by atoms with Gasteiger partial charge < -0.3 is 5.32 Å². The molecule has 0 bridgehead atoms. The van der Waals surface area contributed by atoms with E-state index in [4.69, 9.17) is 9.97 Å². The average Bonchev–Trinajstić information content (AvgIpc) is 2.50. The first-order chi connectivity index (χ1) is 10.3. The summed E-state index contributed by atoms with van der Waals surface area (Å²) in [6.45, 7) is 3.02. The van der Waals surface area contributed by atoms with Crippen molar-refractivity contribution in [3.63, 3.8) is 0 Å². The van der Waals surface area contributed by atoms with E-state index in [0.29, 0.717) is 0 Å². The monoisotopic (exact) mass is 345 g/mol. The molecular formula is C17H20BrN3. The van der Waals surface area contributed by atoms with Crippen molar-refractivity contribution in [2.24, 2.45) is 0 Å². The third kappa shape index (κ3) is 3.43. The Kier molecular flexibility index (Phi) is 4.54. The average molecular weight is 346 g/mol. The highest BCUT2D eigenvalue weighted by Gasteiger charge is 2.17. The quantitative estimate of drug-likeness (QED) is 0.904. The van der Waals surface area contributed by atoms with Crippen LogP contribution in [0, 0.1) is 0 Å². The minimum absolute atomic E-state index is 0.791. The van der Waals surface area contributed by atoms with Gasteiger partial charge in [0, 0.05) is 28.7 Å². The Balaban J connectivity index is 1.91. The number of hydrogen-bond acceptors (Lipinski definition) is 3. The molecular weight excluding hydrogens is 326 g/mol. The van der Waals surface area contributed by atoms with Gasteiger partial charge in [-0.15, -0.1) is 0 Å². The molecule has 3 nitrogen and oxygen atoms in total. The van der Waals surface area contributed by atoms with E-state index < -0.39 is 0 Å². The lowest BCUT2D eigenvalue weighted by molar-refractivity contribution is 0.657. The van der Waals surface area contributed by atoms with E-state index in [-0.39, 0.29) is 0 Å². The normalized spacial score (nSPS) is 13.8. The van der Waals surface area contributed by atoms with E-state index in [1.807, 2.05) is 0 Å². The Morgan fingerprint density at radius 3 is 2.62 bits per heavy atom. The maximum atomic E-state index is 4.81. The molecule has 1 aromatic heterocycles. The number of benzene rings is 1. The van der Waals surface area contributed by atoms with Crippen LogP contribution in [0.4, 0.5) is 5.82 Å². The first-order valence-electron chi connectivity index (χ1n) is 7.63. The highest BCUT2D eigenvalue weighted by Crippen LogP contribution is 2.26. The molecule has 1 aromatic carbocycles. The van der Waals surface area contributed by atoms with Gasteiger partial charge in [-0.2, -0.15) is 0 Å². The summed E-state index contributed by atoms with van der Waals surface area (Å²) in [4.78, 5) is 9.57. The van der Waals surface area contributed by atoms with Gasteiger partial charge in [-0.05, 0) is 50.3 Å². The second kappa shape index (κ2) is 6.56. The number of halogens is 1. The molecule has 0 saturated carbocycles. The first kappa shape index (κ1) is 14.5. The summed E-state index contributed by atoms with van der Waals surface area (Å²) < 4.78 is 1.10. The predicted octanol–water partition coefficient (Wildman–Crippen LogP) is 4.14. The SMILES string of the molecule is CCNc1nc(Cc2ccc(Br)cc2)nc2c1CCCC2. The number of aryl methyl sites for hydroxylation is 1. The lowest BCUT2D eigenvalue weighted by atomic mass is 9.96. The summed E-state index contributed by atoms with van der Waals surface area (Å²) in [5, 5.41) is 3.41. The number of anilines is 1. The molecule has 0 aliphatic heterocycles. The van der Waals surface area contributed by atoms with Crippen molar-refractivity contribution in [2.75, 3.05) is 11.9 Å². The third-order valence-corrected chi connectivity index (χ3v) is 4.38. The molecule has 0 fully saturated rings. The standard InChI is InChI=1S/C17H20BrN3/c1-2-19-17-14-5-3-4-6-15(14)20-16(21-17)11-12-7-9-13(18)10-8-12/h7-10H,2-6,11H2,1H3,(H,19,20,21). The first-order valence-corrected chi connectivity index (χ1v) is 8.42. The van der Waals surface area contributed by atoms with E-state index in [9.17, 15) is 0 Å². The number of fused-ring (bicyclic) bond motifs is 1. The summed E-state index contributed by atoms with van der Waals surface area (Å²) in [5.41, 5.74) is 3.83. The van der Waals surface area contributed by atoms with E-state index in [0.717, 1.165) is 41.9 Å². The lowest BCUT2D eigenvalue weighted by Crippen LogP contribution is -2.15. The maximum Gasteiger partial charge on any atom is 0.135 e. The zero-order valence-electron chi connectivity index (χ0n) is 12.3. The van der Waals surface area contributed by atoms with Crippen molar-refractivity contribution in [3.05, 3.63) is 51.4 Å². The van der Waals surface area contributed by atoms with Crippen LogP contribution in [-0.4, -0.2) is 16.5 Å². The Morgan fingerprint density at radius 2 is 1.86 bits per heavy atom. The topological polar surface area (TPSA) is 37.8 Å². The van der Waals surface area contributed by atoms with Crippen LogP contribution in [-0.2, 0) is 19.3 Å². The molecule has 4 heteroatoms. The van der Waals surface area contributed by atoms with E-state index in [2.05, 4.69) is 52.4 Å². The highest BCUT2D eigenvalue weighted by atomic mass is 79.9. The molecule has 110 valence electrons. The summed E-state index contributed by atoms with van der Waals surface area (Å²) in [7, 11) is 0. The van der Waals surface area contributed by atoms with Gasteiger partial charge in [0.25, 0.3) is 0 Å². The molecule has 2 aromatic rings. The number of rotatable bonds is 4. The van der Waals surface area contributed by atoms with Crippen LogP contribution in [0.5, 0.6) is 0 Å². The van der Waals surface area contributed by atoms with Crippen LogP contribution < -0.4 is 5.32 Å². The molecule has 21 heavy (non-hydrogen) atoms. The lowest BCUT2D eigenvalue weighted by Gasteiger charge is -2.19. The summed E-state index contributed by atoms with van der Waals surface area (Å²) in [5.74, 6) is 1.98. The largest absolute Gasteiger partial charge is 0.370 e. The summed E-state index contributed by atoms with van der Waals surface area (Å²) in [6, 6.07) is 8.39. The number of nitrogens with zero attached hydrogens (tertiary/aromatic N) is 2. The van der Waals surface area contributed by atoms with Crippen molar-refractivity contribution < 1.29 is 0 Å². The smallest absolute Gasteiger partial charge is 0.135 e. The molecule has 0 saturated heterocycles. The van der Waals surface area contributed by atoms with Crippen molar-refractivity contribution in [3.8, 4) is 0 Å². The second-order valence-corrected chi connectivity index (χ2v) is 6.37. The molecule has 1 N–H and O–H groups in total. The van der Waals surface area contributed by atoms with Crippen molar-refractivity contribution in [1.29, 1.82) is 0 Å². The maximum absolute atomic E-state index is 4.81. The molecule has 0 amide bonds. The van der Waals surface area contributed by atoms with Crippen LogP contribution in [0.15, 0.2) is 28.7 Å². The van der Waals surface area contributed by atoms with Crippen LogP contribution >= 0.6 is 15.9 Å². The molecule has 0 radical (unpaired) electrons. The summed E-state index contributed by atoms with van der Waals surface area (Å²) >= 11 is 3.47. The van der Waals surface area contributed by atoms with Gasteiger partial charge in [-0.1, -0.05) is 28.1 Å². The van der Waals surface area contributed by atoms with Crippen LogP contribution in [0.1, 0.15) is 42.4 Å². The van der Waals surface area contributed by atoms with Gasteiger partial charge in [0.1, 0.15) is 11.6 Å². The Bertz CT molecular complexity index is 623. The van der Waals surface area contributed by atoms with E-state index in [1.54, 1.807) is 0 Å². The number of nitrogens with one attached hydrogen (secondary N) is 1. The van der Waals surface area contributed by atoms with Crippen LogP contribution in [0.3, 0.4) is 0 Å². The molecule has 0 atom stereocenters. The van der Waals surface area contributed by atoms with Gasteiger partial charge in [0.05, 0.1) is 0 Å². The van der Waals surface area contributed by atoms with E-state index >= 15 is 0 Å². The highest BCUT2D eigenvalue weighted by molar-refractivity contribution is 9.10. The minimum atomic E-state index is 0.791. The van der Waals surface area contributed by atoms with Gasteiger partial charge in [-0.25, -0.2) is 9.97 Å². The molecule has 0 unspecified atom stereocenters. The summed E-state index contributed by atoms with van der Waals surface area (Å²) in [6.07, 6.45) is 5.48. The fourth-order valence-corrected chi connectivity index (χ4v) is 3.09. The number of aromatic nitrogens is 2. The fraction of sp³-hybridized carbons (Fsp3) is 0.412. The Morgan fingerprint density at radius 1 is 1.10 bits per heavy atom. The second-order valence-electron chi connectivity index (χ2n) is 5.45. The van der Waals surface area contributed by atoms with Crippen molar-refractivity contribution in [2.45, 2.75) is 39.0 Å². The zero-order valence-corrected chi connectivity index (χ0v) is 13.9. The van der Waals surface area contributed by atoms with E-state index in [1.165, 1.54) is 29.7 Å². The predicted molar refractivity (Wildman–Crippen MR) is 89.8 cm³/mol. The van der Waals surface area contributed by atoms with Crippen molar-refractivity contribution >= 4 is 21.7 Å². The van der Waals surface area contributed by atoms with Gasteiger partial charge in [0.2, 0.25) is 0 Å². The van der Waals surface area contributed by atoms with Crippen LogP contribution in [0.2, 0.25) is 0 Å². The van der Waals surface area contributed by atoms with Gasteiger partial charge in [0.15, 0.2) is 0 Å². The van der Waals surface area contributed by atoms with Crippen LogP contribution in [0.25, 0.3) is 0 Å². The Labute approximate surface area is 134 Å².